The quantitative estimate of drug-likeness (QED) is 0.847. The van der Waals surface area contributed by atoms with Crippen molar-refractivity contribution in [3.05, 3.63) is 65.5 Å². The van der Waals surface area contributed by atoms with Crippen LogP contribution in [0, 0.1) is 5.82 Å². The summed E-state index contributed by atoms with van der Waals surface area (Å²) in [6.07, 6.45) is 0.120. The predicted octanol–water partition coefficient (Wildman–Crippen LogP) is 1.57. The van der Waals surface area contributed by atoms with Crippen LogP contribution in [0.1, 0.15) is 17.5 Å². The molecule has 2 N–H and O–H groups in total. The Balaban J connectivity index is 1.55. The van der Waals surface area contributed by atoms with E-state index in [1.54, 1.807) is 30.3 Å². The van der Waals surface area contributed by atoms with E-state index < -0.39 is 10.0 Å². The first kappa shape index (κ1) is 17.1. The van der Waals surface area contributed by atoms with Crippen LogP contribution in [0.5, 0.6) is 0 Å². The summed E-state index contributed by atoms with van der Waals surface area (Å²) >= 11 is 0. The van der Waals surface area contributed by atoms with Gasteiger partial charge in [-0.15, -0.1) is 0 Å². The normalized spacial score (nSPS) is 16.3. The van der Waals surface area contributed by atoms with E-state index in [0.717, 1.165) is 5.56 Å². The van der Waals surface area contributed by atoms with Crippen LogP contribution in [-0.4, -0.2) is 26.7 Å². The van der Waals surface area contributed by atoms with Gasteiger partial charge in [-0.2, -0.15) is 0 Å². The molecule has 0 radical (unpaired) electrons. The molecule has 0 bridgehead atoms. The molecular weight excluding hydrogens is 345 g/mol. The summed E-state index contributed by atoms with van der Waals surface area (Å²) in [6.45, 7) is 0.451. The minimum absolute atomic E-state index is 0.120. The second-order valence-electron chi connectivity index (χ2n) is 5.49. The van der Waals surface area contributed by atoms with Crippen molar-refractivity contribution < 1.29 is 17.6 Å². The van der Waals surface area contributed by atoms with E-state index in [4.69, 9.17) is 0 Å². The molecule has 0 aliphatic carbocycles. The second kappa shape index (κ2) is 7.02. The highest BCUT2D eigenvalue weighted by Crippen LogP contribution is 2.22. The van der Waals surface area contributed by atoms with Gasteiger partial charge in [0.1, 0.15) is 11.7 Å². The lowest BCUT2D eigenvalue weighted by Gasteiger charge is -2.04. The summed E-state index contributed by atoms with van der Waals surface area (Å²) in [5.41, 5.74) is 1.30. The molecule has 2 aromatic rings. The number of sulfonamides is 1. The van der Waals surface area contributed by atoms with Gasteiger partial charge in [0.05, 0.1) is 11.4 Å². The molecule has 25 heavy (non-hydrogen) atoms. The number of nitrogens with zero attached hydrogens (tertiary/aromatic N) is 1. The van der Waals surface area contributed by atoms with Gasteiger partial charge in [-0.25, -0.2) is 12.8 Å². The van der Waals surface area contributed by atoms with Crippen molar-refractivity contribution >= 4 is 21.8 Å². The molecule has 0 atom stereocenters. The number of fused-ring (bicyclic) bond motifs is 1. The summed E-state index contributed by atoms with van der Waals surface area (Å²) in [7, 11) is -3.57. The molecule has 1 heterocycles. The van der Waals surface area contributed by atoms with Gasteiger partial charge in [-0.3, -0.25) is 14.5 Å². The Morgan fingerprint density at radius 1 is 1.12 bits per heavy atom. The number of hydrogen-bond donors (Lipinski definition) is 2. The van der Waals surface area contributed by atoms with Crippen molar-refractivity contribution in [3.63, 3.8) is 0 Å². The van der Waals surface area contributed by atoms with E-state index in [-0.39, 0.29) is 35.4 Å². The lowest BCUT2D eigenvalue weighted by molar-refractivity contribution is -0.121. The maximum absolute atomic E-state index is 12.8. The Bertz CT molecular complexity index is 924. The van der Waals surface area contributed by atoms with E-state index in [1.165, 1.54) is 18.2 Å². The summed E-state index contributed by atoms with van der Waals surface area (Å²) < 4.78 is 39.1. The number of nitrogens with one attached hydrogen (secondary N) is 2. The average Bonchev–Trinajstić information content (AvgIpc) is 2.86. The number of rotatable bonds is 5. The third kappa shape index (κ3) is 4.03. The molecule has 0 aromatic heterocycles. The van der Waals surface area contributed by atoms with Crippen LogP contribution in [0.3, 0.4) is 0 Å². The van der Waals surface area contributed by atoms with Crippen molar-refractivity contribution in [1.82, 2.24) is 10.0 Å². The highest BCUT2D eigenvalue weighted by Gasteiger charge is 2.29. The van der Waals surface area contributed by atoms with E-state index in [9.17, 15) is 17.6 Å². The van der Waals surface area contributed by atoms with Gasteiger partial charge in [0.2, 0.25) is 5.91 Å². The fraction of sp³-hybridized carbons (Fsp3) is 0.176. The first-order valence-corrected chi connectivity index (χ1v) is 9.12. The number of halogens is 1. The molecule has 1 aliphatic heterocycles. The summed E-state index contributed by atoms with van der Waals surface area (Å²) in [5, 5.41) is 2.71. The van der Waals surface area contributed by atoms with Crippen molar-refractivity contribution in [2.24, 2.45) is 4.99 Å². The zero-order valence-electron chi connectivity index (χ0n) is 13.2. The molecule has 1 aliphatic rings. The van der Waals surface area contributed by atoms with Gasteiger partial charge in [-0.05, 0) is 29.8 Å². The molecule has 0 unspecified atom stereocenters. The maximum atomic E-state index is 12.8. The van der Waals surface area contributed by atoms with Gasteiger partial charge >= 0.3 is 0 Å². The topological polar surface area (TPSA) is 87.6 Å². The minimum atomic E-state index is -3.57. The lowest BCUT2D eigenvalue weighted by Crippen LogP contribution is -2.25. The Morgan fingerprint density at radius 2 is 1.84 bits per heavy atom. The van der Waals surface area contributed by atoms with Crippen LogP contribution in [0.15, 0.2) is 58.4 Å². The molecule has 3 rings (SSSR count). The molecule has 0 fully saturated rings. The Morgan fingerprint density at radius 3 is 2.60 bits per heavy atom. The van der Waals surface area contributed by atoms with Gasteiger partial charge in [0, 0.05) is 18.5 Å². The highest BCUT2D eigenvalue weighted by atomic mass is 32.2. The third-order valence-corrected chi connectivity index (χ3v) is 5.07. The van der Waals surface area contributed by atoms with Crippen LogP contribution in [0.4, 0.5) is 4.39 Å². The molecule has 0 saturated heterocycles. The number of benzene rings is 2. The molecular formula is C17H16FN3O3S. The molecule has 2 aromatic carbocycles. The zero-order chi connectivity index (χ0) is 17.9. The van der Waals surface area contributed by atoms with Crippen LogP contribution in [0.2, 0.25) is 0 Å². The lowest BCUT2D eigenvalue weighted by atomic mass is 10.2. The molecule has 0 spiro atoms. The van der Waals surface area contributed by atoms with Crippen LogP contribution >= 0.6 is 0 Å². The van der Waals surface area contributed by atoms with E-state index in [0.29, 0.717) is 12.1 Å². The number of carbonyl (C=O) groups is 1. The SMILES string of the molecule is O=C(CCN=C1NS(=O)(=O)c2ccccc21)NCc1ccc(F)cc1. The monoisotopic (exact) mass is 361 g/mol. The van der Waals surface area contributed by atoms with Crippen LogP contribution < -0.4 is 10.0 Å². The first-order valence-electron chi connectivity index (χ1n) is 7.63. The largest absolute Gasteiger partial charge is 0.352 e. The standard InChI is InChI=1S/C17H16FN3O3S/c18-13-7-5-12(6-8-13)11-20-16(22)9-10-19-17-14-3-1-2-4-15(14)25(23,24)21-17/h1-8H,9-11H2,(H,19,21)(H,20,22). The van der Waals surface area contributed by atoms with Gasteiger partial charge in [0.25, 0.3) is 10.0 Å². The van der Waals surface area contributed by atoms with Gasteiger partial charge in [0.15, 0.2) is 0 Å². The van der Waals surface area contributed by atoms with E-state index in [2.05, 4.69) is 15.0 Å². The fourth-order valence-electron chi connectivity index (χ4n) is 2.41. The number of aliphatic imine (C=N–C) groups is 1. The number of carbonyl (C=O) groups excluding carboxylic acids is 1. The van der Waals surface area contributed by atoms with Crippen molar-refractivity contribution in [1.29, 1.82) is 0 Å². The van der Waals surface area contributed by atoms with E-state index in [1.807, 2.05) is 0 Å². The number of amidine groups is 1. The summed E-state index contributed by atoms with van der Waals surface area (Å²) in [5.74, 6) is -0.296. The number of hydrogen-bond acceptors (Lipinski definition) is 4. The Labute approximate surface area is 144 Å². The molecule has 0 saturated carbocycles. The smallest absolute Gasteiger partial charge is 0.263 e. The summed E-state index contributed by atoms with van der Waals surface area (Å²) in [4.78, 5) is 16.2. The van der Waals surface area contributed by atoms with Crippen LogP contribution in [0.25, 0.3) is 0 Å². The van der Waals surface area contributed by atoms with Gasteiger partial charge < -0.3 is 5.32 Å². The maximum Gasteiger partial charge on any atom is 0.263 e. The number of amides is 1. The minimum Gasteiger partial charge on any atom is -0.352 e. The second-order valence-corrected chi connectivity index (χ2v) is 7.14. The Hall–Kier alpha value is -2.74. The van der Waals surface area contributed by atoms with Gasteiger partial charge in [-0.1, -0.05) is 24.3 Å². The van der Waals surface area contributed by atoms with Crippen LogP contribution in [-0.2, 0) is 21.4 Å². The van der Waals surface area contributed by atoms with E-state index >= 15 is 0 Å². The zero-order valence-corrected chi connectivity index (χ0v) is 14.0. The van der Waals surface area contributed by atoms with Crippen molar-refractivity contribution in [2.45, 2.75) is 17.9 Å². The average molecular weight is 361 g/mol. The molecule has 8 heteroatoms. The molecule has 6 nitrogen and oxygen atoms in total. The summed E-state index contributed by atoms with van der Waals surface area (Å²) in [6, 6.07) is 12.4. The first-order chi connectivity index (χ1) is 12.0. The molecule has 1 amide bonds. The fourth-order valence-corrected chi connectivity index (χ4v) is 3.66. The Kier molecular flexibility index (Phi) is 4.80. The van der Waals surface area contributed by atoms with Crippen molar-refractivity contribution in [3.8, 4) is 0 Å². The highest BCUT2D eigenvalue weighted by molar-refractivity contribution is 7.90. The molecule has 130 valence electrons. The van der Waals surface area contributed by atoms with Crippen molar-refractivity contribution in [2.75, 3.05) is 6.54 Å². The predicted molar refractivity (Wildman–Crippen MR) is 91.0 cm³/mol. The third-order valence-electron chi connectivity index (χ3n) is 3.67.